The fourth-order valence-corrected chi connectivity index (χ4v) is 0.409. The molecule has 0 atom stereocenters. The zero-order valence-electron chi connectivity index (χ0n) is 4.88. The van der Waals surface area contributed by atoms with Crippen molar-refractivity contribution in [3.05, 3.63) is 11.7 Å². The average molecular weight is 126 g/mol. The number of rotatable bonds is 1. The van der Waals surface area contributed by atoms with Gasteiger partial charge in [0, 0.05) is 6.92 Å². The van der Waals surface area contributed by atoms with Crippen LogP contribution in [0.1, 0.15) is 11.7 Å². The molecule has 0 saturated carbocycles. The van der Waals surface area contributed by atoms with Gasteiger partial charge in [0.05, 0.1) is 0 Å². The van der Waals surface area contributed by atoms with Crippen LogP contribution >= 0.6 is 0 Å². The fraction of sp³-hybridized carbons (Fsp3) is 0.250. The van der Waals surface area contributed by atoms with Gasteiger partial charge in [0.25, 0.3) is 0 Å². The molecule has 0 aromatic carbocycles. The summed E-state index contributed by atoms with van der Waals surface area (Å²) in [5.74, 6) is 0.388. The molecule has 0 amide bonds. The largest absolute Gasteiger partial charge is 0.381 e. The van der Waals surface area contributed by atoms with Crippen LogP contribution < -0.4 is 5.73 Å². The van der Waals surface area contributed by atoms with Gasteiger partial charge < -0.3 is 10.3 Å². The first-order valence-electron chi connectivity index (χ1n) is 2.35. The molecule has 0 aliphatic carbocycles. The number of hydrogen-bond donors (Lipinski definition) is 2. The summed E-state index contributed by atoms with van der Waals surface area (Å²) in [6.45, 7) is 1.64. The summed E-state index contributed by atoms with van der Waals surface area (Å²) < 4.78 is 4.54. The van der Waals surface area contributed by atoms with Gasteiger partial charge in [-0.3, -0.25) is 5.41 Å². The number of nitrogens with zero attached hydrogens (tertiary/aromatic N) is 2. The second-order valence-electron chi connectivity index (χ2n) is 1.55. The van der Waals surface area contributed by atoms with Crippen LogP contribution in [0.5, 0.6) is 0 Å². The summed E-state index contributed by atoms with van der Waals surface area (Å²) >= 11 is 0. The summed E-state index contributed by atoms with van der Waals surface area (Å²) in [6.07, 6.45) is 0. The Labute approximate surface area is 51.4 Å². The van der Waals surface area contributed by atoms with Gasteiger partial charge in [0.15, 0.2) is 5.84 Å². The van der Waals surface area contributed by atoms with Crippen molar-refractivity contribution in [1.29, 1.82) is 5.41 Å². The van der Waals surface area contributed by atoms with E-state index in [9.17, 15) is 0 Å². The monoisotopic (exact) mass is 126 g/mol. The molecule has 0 aliphatic rings. The molecule has 9 heavy (non-hydrogen) atoms. The van der Waals surface area contributed by atoms with E-state index in [4.69, 9.17) is 11.1 Å². The molecule has 0 spiro atoms. The van der Waals surface area contributed by atoms with Crippen molar-refractivity contribution >= 4 is 5.84 Å². The van der Waals surface area contributed by atoms with E-state index in [1.807, 2.05) is 0 Å². The standard InChI is InChI=1S/C4H6N4O/c1-2-7-4(3(5)6)8-9-2/h1H3,(H3,5,6). The first-order valence-corrected chi connectivity index (χ1v) is 2.35. The Morgan fingerprint density at radius 2 is 2.44 bits per heavy atom. The van der Waals surface area contributed by atoms with Gasteiger partial charge in [0.2, 0.25) is 11.7 Å². The third-order valence-corrected chi connectivity index (χ3v) is 0.768. The lowest BCUT2D eigenvalue weighted by Gasteiger charge is -1.80. The van der Waals surface area contributed by atoms with E-state index in [0.29, 0.717) is 5.89 Å². The van der Waals surface area contributed by atoms with Crippen LogP contribution in [-0.4, -0.2) is 16.0 Å². The minimum absolute atomic E-state index is 0.146. The normalized spacial score (nSPS) is 9.44. The molecule has 0 radical (unpaired) electrons. The van der Waals surface area contributed by atoms with Crippen molar-refractivity contribution in [3.8, 4) is 0 Å². The van der Waals surface area contributed by atoms with E-state index in [-0.39, 0.29) is 11.7 Å². The van der Waals surface area contributed by atoms with Crippen molar-refractivity contribution in [1.82, 2.24) is 10.1 Å². The van der Waals surface area contributed by atoms with E-state index in [1.54, 1.807) is 6.92 Å². The zero-order chi connectivity index (χ0) is 6.85. The Bertz CT molecular complexity index is 228. The zero-order valence-corrected chi connectivity index (χ0v) is 4.88. The van der Waals surface area contributed by atoms with Crippen molar-refractivity contribution in [2.75, 3.05) is 0 Å². The van der Waals surface area contributed by atoms with Crippen LogP contribution in [-0.2, 0) is 0 Å². The smallest absolute Gasteiger partial charge is 0.237 e. The fourth-order valence-electron chi connectivity index (χ4n) is 0.409. The van der Waals surface area contributed by atoms with Crippen molar-refractivity contribution in [2.45, 2.75) is 6.92 Å². The predicted molar refractivity (Wildman–Crippen MR) is 30.1 cm³/mol. The molecular weight excluding hydrogens is 120 g/mol. The Morgan fingerprint density at radius 1 is 1.78 bits per heavy atom. The van der Waals surface area contributed by atoms with Crippen LogP contribution in [0.3, 0.4) is 0 Å². The second kappa shape index (κ2) is 1.85. The molecule has 0 saturated heterocycles. The molecule has 0 aliphatic heterocycles. The summed E-state index contributed by atoms with van der Waals surface area (Å²) in [7, 11) is 0. The molecule has 1 aromatic heterocycles. The molecule has 0 bridgehead atoms. The summed E-state index contributed by atoms with van der Waals surface area (Å²) in [4.78, 5) is 3.68. The van der Waals surface area contributed by atoms with E-state index in [0.717, 1.165) is 0 Å². The molecule has 1 rings (SSSR count). The van der Waals surface area contributed by atoms with Crippen LogP contribution in [0.15, 0.2) is 4.52 Å². The third kappa shape index (κ3) is 1.04. The number of nitrogens with two attached hydrogens (primary N) is 1. The lowest BCUT2D eigenvalue weighted by atomic mass is 10.6. The molecule has 5 heteroatoms. The Morgan fingerprint density at radius 3 is 2.67 bits per heavy atom. The van der Waals surface area contributed by atoms with Gasteiger partial charge in [-0.05, 0) is 0 Å². The summed E-state index contributed by atoms with van der Waals surface area (Å²) in [5.41, 5.74) is 5.03. The lowest BCUT2D eigenvalue weighted by molar-refractivity contribution is 0.391. The highest BCUT2D eigenvalue weighted by atomic mass is 16.5. The second-order valence-corrected chi connectivity index (χ2v) is 1.55. The number of amidine groups is 1. The molecule has 0 unspecified atom stereocenters. The van der Waals surface area contributed by atoms with Crippen LogP contribution in [0.4, 0.5) is 0 Å². The third-order valence-electron chi connectivity index (χ3n) is 0.768. The van der Waals surface area contributed by atoms with E-state index in [2.05, 4.69) is 14.7 Å². The Hall–Kier alpha value is -1.39. The minimum Gasteiger partial charge on any atom is -0.381 e. The number of hydrogen-bond acceptors (Lipinski definition) is 4. The maximum absolute atomic E-state index is 6.84. The van der Waals surface area contributed by atoms with E-state index in [1.165, 1.54) is 0 Å². The summed E-state index contributed by atoms with van der Waals surface area (Å²) in [5, 5.41) is 10.2. The highest BCUT2D eigenvalue weighted by molar-refractivity contribution is 5.90. The highest BCUT2D eigenvalue weighted by Crippen LogP contribution is 1.91. The van der Waals surface area contributed by atoms with Crippen LogP contribution in [0, 0.1) is 12.3 Å². The van der Waals surface area contributed by atoms with Gasteiger partial charge in [-0.15, -0.1) is 0 Å². The molecular formula is C4H6N4O. The number of aromatic nitrogens is 2. The van der Waals surface area contributed by atoms with Gasteiger partial charge in [-0.25, -0.2) is 0 Å². The minimum atomic E-state index is -0.174. The Kier molecular flexibility index (Phi) is 1.18. The number of aryl methyl sites for hydroxylation is 1. The Balaban J connectivity index is 2.98. The van der Waals surface area contributed by atoms with Crippen LogP contribution in [0.2, 0.25) is 0 Å². The topological polar surface area (TPSA) is 88.8 Å². The van der Waals surface area contributed by atoms with Crippen LogP contribution in [0.25, 0.3) is 0 Å². The van der Waals surface area contributed by atoms with Gasteiger partial charge in [0.1, 0.15) is 0 Å². The quantitative estimate of drug-likeness (QED) is 0.398. The highest BCUT2D eigenvalue weighted by Gasteiger charge is 2.02. The van der Waals surface area contributed by atoms with Gasteiger partial charge >= 0.3 is 0 Å². The molecule has 1 heterocycles. The van der Waals surface area contributed by atoms with Crippen molar-refractivity contribution in [2.24, 2.45) is 5.73 Å². The molecule has 0 fully saturated rings. The summed E-state index contributed by atoms with van der Waals surface area (Å²) in [6, 6.07) is 0. The number of nitrogen functional groups attached to an aromatic ring is 1. The van der Waals surface area contributed by atoms with Gasteiger partial charge in [-0.2, -0.15) is 4.98 Å². The maximum Gasteiger partial charge on any atom is 0.237 e. The first kappa shape index (κ1) is 5.74. The lowest BCUT2D eigenvalue weighted by Crippen LogP contribution is -2.12. The van der Waals surface area contributed by atoms with Crippen molar-refractivity contribution < 1.29 is 4.52 Å². The number of nitrogens with one attached hydrogen (secondary N) is 1. The average Bonchev–Trinajstić information content (AvgIpc) is 2.14. The van der Waals surface area contributed by atoms with E-state index >= 15 is 0 Å². The molecule has 48 valence electrons. The molecule has 3 N–H and O–H groups in total. The van der Waals surface area contributed by atoms with Crippen molar-refractivity contribution in [3.63, 3.8) is 0 Å². The molecule has 1 aromatic rings. The maximum atomic E-state index is 6.84. The predicted octanol–water partition coefficient (Wildman–Crippen LogP) is -0.338. The van der Waals surface area contributed by atoms with E-state index < -0.39 is 0 Å². The van der Waals surface area contributed by atoms with Gasteiger partial charge in [-0.1, -0.05) is 5.16 Å². The molecule has 5 nitrogen and oxygen atoms in total. The first-order chi connectivity index (χ1) is 4.20. The SMILES string of the molecule is Cc1nc(C(=N)N)no1.